The van der Waals surface area contributed by atoms with E-state index in [1.54, 1.807) is 0 Å². The van der Waals surface area contributed by atoms with Crippen molar-refractivity contribution < 1.29 is 4.79 Å². The van der Waals surface area contributed by atoms with Gasteiger partial charge in [-0.3, -0.25) is 4.79 Å². The summed E-state index contributed by atoms with van der Waals surface area (Å²) in [4.78, 5) is 16.6. The molecule has 0 N–H and O–H groups in total. The highest BCUT2D eigenvalue weighted by molar-refractivity contribution is 9.10. The van der Waals surface area contributed by atoms with Crippen molar-refractivity contribution in [3.05, 3.63) is 34.3 Å². The molecule has 0 saturated carbocycles. The third-order valence-corrected chi connectivity index (χ3v) is 4.32. The third kappa shape index (κ3) is 2.59. The van der Waals surface area contributed by atoms with Crippen LogP contribution in [-0.2, 0) is 0 Å². The van der Waals surface area contributed by atoms with Crippen LogP contribution in [0.4, 0.5) is 0 Å². The number of carbonyl (C=O) groups excluding carboxylic acids is 1. The van der Waals surface area contributed by atoms with Gasteiger partial charge in [-0.05, 0) is 48.1 Å². The highest BCUT2D eigenvalue weighted by atomic mass is 79.9. The van der Waals surface area contributed by atoms with Gasteiger partial charge in [0, 0.05) is 23.6 Å². The molecule has 18 heavy (non-hydrogen) atoms. The maximum atomic E-state index is 12.5. The summed E-state index contributed by atoms with van der Waals surface area (Å²) < 4.78 is 0.871. The van der Waals surface area contributed by atoms with Gasteiger partial charge in [-0.25, -0.2) is 0 Å². The topological polar surface area (TPSA) is 23.6 Å². The first-order valence-electron chi connectivity index (χ1n) is 6.21. The second-order valence-electron chi connectivity index (χ2n) is 5.20. The molecule has 2 atom stereocenters. The number of nitrogens with zero attached hydrogens (tertiary/aromatic N) is 2. The molecule has 1 aromatic carbocycles. The SMILES string of the molecule is CC1CN(C(=O)c2ccccc2Br)CC1N(C)C. The Kier molecular flexibility index (Phi) is 4.07. The Hall–Kier alpha value is -0.870. The molecule has 98 valence electrons. The Morgan fingerprint density at radius 2 is 2.00 bits per heavy atom. The fourth-order valence-corrected chi connectivity index (χ4v) is 3.05. The summed E-state index contributed by atoms with van der Waals surface area (Å²) in [6, 6.07) is 8.07. The minimum absolute atomic E-state index is 0.124. The van der Waals surface area contributed by atoms with Crippen molar-refractivity contribution in [2.45, 2.75) is 13.0 Å². The number of hydrogen-bond acceptors (Lipinski definition) is 2. The highest BCUT2D eigenvalue weighted by Crippen LogP contribution is 2.24. The van der Waals surface area contributed by atoms with Gasteiger partial charge in [0.25, 0.3) is 5.91 Å². The summed E-state index contributed by atoms with van der Waals surface area (Å²) in [6.45, 7) is 3.86. The van der Waals surface area contributed by atoms with Crippen molar-refractivity contribution in [2.75, 3.05) is 27.2 Å². The lowest BCUT2D eigenvalue weighted by Gasteiger charge is -2.22. The van der Waals surface area contributed by atoms with Crippen LogP contribution in [0.2, 0.25) is 0 Å². The normalized spacial score (nSPS) is 23.7. The molecule has 0 aromatic heterocycles. The number of likely N-dealkylation sites (N-methyl/N-ethyl adjacent to an activating group) is 1. The monoisotopic (exact) mass is 310 g/mol. The number of hydrogen-bond donors (Lipinski definition) is 0. The van der Waals surface area contributed by atoms with Gasteiger partial charge in [-0.1, -0.05) is 19.1 Å². The Balaban J connectivity index is 2.15. The molecule has 4 heteroatoms. The number of rotatable bonds is 2. The molecular formula is C14H19BrN2O. The molecule has 1 saturated heterocycles. The molecule has 1 amide bonds. The largest absolute Gasteiger partial charge is 0.337 e. The van der Waals surface area contributed by atoms with Crippen LogP contribution in [0, 0.1) is 5.92 Å². The van der Waals surface area contributed by atoms with E-state index in [1.807, 2.05) is 29.2 Å². The van der Waals surface area contributed by atoms with Crippen molar-refractivity contribution in [3.63, 3.8) is 0 Å². The molecule has 1 fully saturated rings. The predicted octanol–water partition coefficient (Wildman–Crippen LogP) is 2.47. The molecule has 0 bridgehead atoms. The van der Waals surface area contributed by atoms with Gasteiger partial charge < -0.3 is 9.80 Å². The van der Waals surface area contributed by atoms with E-state index in [1.165, 1.54) is 0 Å². The van der Waals surface area contributed by atoms with Gasteiger partial charge in [0.2, 0.25) is 0 Å². The lowest BCUT2D eigenvalue weighted by Crippen LogP contribution is -2.35. The molecule has 0 spiro atoms. The van der Waals surface area contributed by atoms with Crippen molar-refractivity contribution in [1.29, 1.82) is 0 Å². The Morgan fingerprint density at radius 3 is 2.56 bits per heavy atom. The van der Waals surface area contributed by atoms with Gasteiger partial charge in [0.1, 0.15) is 0 Å². The van der Waals surface area contributed by atoms with E-state index in [9.17, 15) is 4.79 Å². The van der Waals surface area contributed by atoms with Gasteiger partial charge in [-0.2, -0.15) is 0 Å². The van der Waals surface area contributed by atoms with Crippen LogP contribution in [-0.4, -0.2) is 48.9 Å². The van der Waals surface area contributed by atoms with E-state index in [-0.39, 0.29) is 5.91 Å². The highest BCUT2D eigenvalue weighted by Gasteiger charge is 2.34. The quantitative estimate of drug-likeness (QED) is 0.838. The molecular weight excluding hydrogens is 292 g/mol. The summed E-state index contributed by atoms with van der Waals surface area (Å²) in [5.41, 5.74) is 0.754. The molecule has 1 aliphatic rings. The van der Waals surface area contributed by atoms with Crippen molar-refractivity contribution in [1.82, 2.24) is 9.80 Å². The Morgan fingerprint density at radius 1 is 1.33 bits per heavy atom. The van der Waals surface area contributed by atoms with Crippen LogP contribution in [0.5, 0.6) is 0 Å². The lowest BCUT2D eigenvalue weighted by atomic mass is 10.1. The summed E-state index contributed by atoms with van der Waals surface area (Å²) in [5, 5.41) is 0. The van der Waals surface area contributed by atoms with Crippen molar-refractivity contribution in [2.24, 2.45) is 5.92 Å². The van der Waals surface area contributed by atoms with Gasteiger partial charge in [0.05, 0.1) is 5.56 Å². The first-order valence-corrected chi connectivity index (χ1v) is 7.00. The van der Waals surface area contributed by atoms with Crippen molar-refractivity contribution >= 4 is 21.8 Å². The van der Waals surface area contributed by atoms with E-state index in [0.29, 0.717) is 12.0 Å². The van der Waals surface area contributed by atoms with Crippen LogP contribution in [0.15, 0.2) is 28.7 Å². The third-order valence-electron chi connectivity index (χ3n) is 3.63. The molecule has 2 unspecified atom stereocenters. The van der Waals surface area contributed by atoms with Gasteiger partial charge >= 0.3 is 0 Å². The Bertz CT molecular complexity index is 447. The van der Waals surface area contributed by atoms with Crippen LogP contribution in [0.3, 0.4) is 0 Å². The van der Waals surface area contributed by atoms with Gasteiger partial charge in [0.15, 0.2) is 0 Å². The second-order valence-corrected chi connectivity index (χ2v) is 6.05. The zero-order valence-electron chi connectivity index (χ0n) is 11.1. The number of amides is 1. The number of likely N-dealkylation sites (tertiary alicyclic amines) is 1. The first-order chi connectivity index (χ1) is 8.50. The number of carbonyl (C=O) groups is 1. The smallest absolute Gasteiger partial charge is 0.255 e. The fraction of sp³-hybridized carbons (Fsp3) is 0.500. The van der Waals surface area contributed by atoms with Crippen LogP contribution in [0.1, 0.15) is 17.3 Å². The summed E-state index contributed by atoms with van der Waals surface area (Å²) >= 11 is 3.45. The molecule has 3 nitrogen and oxygen atoms in total. The number of halogens is 1. The maximum absolute atomic E-state index is 12.5. The summed E-state index contributed by atoms with van der Waals surface area (Å²) in [6.07, 6.45) is 0. The van der Waals surface area contributed by atoms with E-state index < -0.39 is 0 Å². The molecule has 1 aliphatic heterocycles. The first kappa shape index (κ1) is 13.6. The zero-order valence-corrected chi connectivity index (χ0v) is 12.6. The average Bonchev–Trinajstić information content (AvgIpc) is 2.71. The molecule has 0 radical (unpaired) electrons. The van der Waals surface area contributed by atoms with Gasteiger partial charge in [-0.15, -0.1) is 0 Å². The summed E-state index contributed by atoms with van der Waals surface area (Å²) in [7, 11) is 4.15. The lowest BCUT2D eigenvalue weighted by molar-refractivity contribution is 0.0780. The maximum Gasteiger partial charge on any atom is 0.255 e. The average molecular weight is 311 g/mol. The molecule has 1 heterocycles. The fourth-order valence-electron chi connectivity index (χ4n) is 2.59. The zero-order chi connectivity index (χ0) is 13.3. The molecule has 1 aromatic rings. The van der Waals surface area contributed by atoms with Crippen molar-refractivity contribution in [3.8, 4) is 0 Å². The van der Waals surface area contributed by atoms with Crippen LogP contribution >= 0.6 is 15.9 Å². The van der Waals surface area contributed by atoms with Crippen LogP contribution < -0.4 is 0 Å². The minimum Gasteiger partial charge on any atom is -0.337 e. The van der Waals surface area contributed by atoms with Crippen LogP contribution in [0.25, 0.3) is 0 Å². The Labute approximate surface area is 117 Å². The number of benzene rings is 1. The molecule has 2 rings (SSSR count). The van der Waals surface area contributed by atoms with E-state index >= 15 is 0 Å². The predicted molar refractivity (Wildman–Crippen MR) is 76.7 cm³/mol. The van der Waals surface area contributed by atoms with E-state index in [2.05, 4.69) is 41.8 Å². The standard InChI is InChI=1S/C14H19BrN2O/c1-10-8-17(9-13(10)16(2)3)14(18)11-6-4-5-7-12(11)15/h4-7,10,13H,8-9H2,1-3H3. The molecule has 0 aliphatic carbocycles. The summed E-state index contributed by atoms with van der Waals surface area (Å²) in [5.74, 6) is 0.644. The van der Waals surface area contributed by atoms with E-state index in [4.69, 9.17) is 0 Å². The second kappa shape index (κ2) is 5.41. The van der Waals surface area contributed by atoms with E-state index in [0.717, 1.165) is 23.1 Å². The minimum atomic E-state index is 0.124.